The molecule has 0 atom stereocenters. The van der Waals surface area contributed by atoms with Gasteiger partial charge in [-0.15, -0.1) is 0 Å². The molecule has 0 radical (unpaired) electrons. The first-order valence-electron chi connectivity index (χ1n) is 9.37. The summed E-state index contributed by atoms with van der Waals surface area (Å²) in [5.74, 6) is 0.129. The van der Waals surface area contributed by atoms with Crippen molar-refractivity contribution in [2.75, 3.05) is 26.2 Å². The highest BCUT2D eigenvalue weighted by Gasteiger charge is 2.23. The number of hydrogen-bond acceptors (Lipinski definition) is 2. The number of aromatic nitrogens is 2. The van der Waals surface area contributed by atoms with E-state index in [4.69, 9.17) is 0 Å². The zero-order valence-electron chi connectivity index (χ0n) is 15.5. The minimum atomic E-state index is 0.00310. The Balaban J connectivity index is 1.43. The minimum absolute atomic E-state index is 0.00310. The normalized spacial score (nSPS) is 15.1. The molecule has 1 aromatic carbocycles. The summed E-state index contributed by atoms with van der Waals surface area (Å²) >= 11 is 0. The molecule has 3 aromatic rings. The molecular weight excluding hydrogens is 340 g/mol. The number of fused-ring (bicyclic) bond motifs is 1. The Hall–Kier alpha value is -3.02. The van der Waals surface area contributed by atoms with Crippen molar-refractivity contribution < 1.29 is 9.59 Å². The van der Waals surface area contributed by atoms with Gasteiger partial charge < -0.3 is 19.4 Å². The molecule has 0 unspecified atom stereocenters. The van der Waals surface area contributed by atoms with E-state index >= 15 is 0 Å². The first-order chi connectivity index (χ1) is 13.1. The molecule has 2 aromatic heterocycles. The maximum atomic E-state index is 12.9. The van der Waals surface area contributed by atoms with Gasteiger partial charge in [0.25, 0.3) is 5.91 Å². The third kappa shape index (κ3) is 3.47. The van der Waals surface area contributed by atoms with Gasteiger partial charge in [0, 0.05) is 56.5 Å². The van der Waals surface area contributed by atoms with Crippen LogP contribution in [-0.2, 0) is 18.3 Å². The molecular formula is C21H24N4O2. The number of aryl methyl sites for hydroxylation is 1. The molecule has 1 N–H and O–H groups in total. The third-order valence-corrected chi connectivity index (χ3v) is 5.29. The molecule has 6 nitrogen and oxygen atoms in total. The number of nitrogens with one attached hydrogen (secondary N) is 1. The maximum Gasteiger partial charge on any atom is 0.270 e. The average Bonchev–Trinajstić information content (AvgIpc) is 3.23. The van der Waals surface area contributed by atoms with Crippen LogP contribution in [0.2, 0.25) is 0 Å². The van der Waals surface area contributed by atoms with Crippen LogP contribution in [0.3, 0.4) is 0 Å². The van der Waals surface area contributed by atoms with Gasteiger partial charge >= 0.3 is 0 Å². The molecule has 1 saturated heterocycles. The highest BCUT2D eigenvalue weighted by Crippen LogP contribution is 2.21. The first kappa shape index (κ1) is 17.4. The van der Waals surface area contributed by atoms with E-state index < -0.39 is 0 Å². The summed E-state index contributed by atoms with van der Waals surface area (Å²) in [5, 5.41) is 1.13. The fourth-order valence-electron chi connectivity index (χ4n) is 3.84. The number of H-pyrrole nitrogens is 1. The molecule has 1 fully saturated rings. The van der Waals surface area contributed by atoms with Crippen molar-refractivity contribution in [2.24, 2.45) is 7.05 Å². The third-order valence-electron chi connectivity index (χ3n) is 5.29. The first-order valence-corrected chi connectivity index (χ1v) is 9.37. The van der Waals surface area contributed by atoms with Crippen LogP contribution in [0.4, 0.5) is 0 Å². The zero-order valence-corrected chi connectivity index (χ0v) is 15.5. The summed E-state index contributed by atoms with van der Waals surface area (Å²) in [6, 6.07) is 11.8. The highest BCUT2D eigenvalue weighted by atomic mass is 16.2. The lowest BCUT2D eigenvalue weighted by molar-refractivity contribution is -0.130. The monoisotopic (exact) mass is 364 g/mol. The molecule has 140 valence electrons. The standard InChI is InChI=1S/C21H24N4O2/c1-23-15-16(17-6-2-3-8-19(17)23)14-20(26)24-10-5-11-25(13-12-24)21(27)18-7-4-9-22-18/h2-4,6-9,15,22H,5,10-14H2,1H3. The van der Waals surface area contributed by atoms with E-state index in [1.54, 1.807) is 12.3 Å². The summed E-state index contributed by atoms with van der Waals surface area (Å²) in [5.41, 5.74) is 2.80. The number of aromatic amines is 1. The topological polar surface area (TPSA) is 61.3 Å². The van der Waals surface area contributed by atoms with Gasteiger partial charge in [0.1, 0.15) is 5.69 Å². The number of benzene rings is 1. The van der Waals surface area contributed by atoms with Crippen LogP contribution >= 0.6 is 0 Å². The van der Waals surface area contributed by atoms with Gasteiger partial charge in [-0.3, -0.25) is 9.59 Å². The number of nitrogens with zero attached hydrogens (tertiary/aromatic N) is 3. The molecule has 6 heteroatoms. The number of carbonyl (C=O) groups is 2. The number of para-hydroxylation sites is 1. The second-order valence-corrected chi connectivity index (χ2v) is 7.07. The summed E-state index contributed by atoms with van der Waals surface area (Å²) in [6.45, 7) is 2.52. The lowest BCUT2D eigenvalue weighted by Gasteiger charge is -2.22. The SMILES string of the molecule is Cn1cc(CC(=O)N2CCCN(C(=O)c3ccc[nH]3)CC2)c2ccccc21. The second kappa shape index (κ2) is 7.31. The summed E-state index contributed by atoms with van der Waals surface area (Å²) in [6.07, 6.45) is 4.99. The Morgan fingerprint density at radius 3 is 2.59 bits per heavy atom. The van der Waals surface area contributed by atoms with Gasteiger partial charge in [0.15, 0.2) is 0 Å². The van der Waals surface area contributed by atoms with Gasteiger partial charge in [0.05, 0.1) is 6.42 Å². The van der Waals surface area contributed by atoms with Crippen LogP contribution < -0.4 is 0 Å². The summed E-state index contributed by atoms with van der Waals surface area (Å²) < 4.78 is 2.07. The van der Waals surface area contributed by atoms with Crippen molar-refractivity contribution >= 4 is 22.7 Å². The molecule has 0 spiro atoms. The van der Waals surface area contributed by atoms with E-state index in [1.165, 1.54) is 0 Å². The van der Waals surface area contributed by atoms with E-state index in [0.717, 1.165) is 22.9 Å². The van der Waals surface area contributed by atoms with Crippen molar-refractivity contribution in [3.05, 3.63) is 60.0 Å². The van der Waals surface area contributed by atoms with Gasteiger partial charge in [-0.25, -0.2) is 0 Å². The predicted molar refractivity (Wildman–Crippen MR) is 105 cm³/mol. The number of carbonyl (C=O) groups excluding carboxylic acids is 2. The van der Waals surface area contributed by atoms with E-state index in [1.807, 2.05) is 41.2 Å². The Labute approximate surface area is 158 Å². The molecule has 3 heterocycles. The van der Waals surface area contributed by atoms with Crippen LogP contribution in [0.25, 0.3) is 10.9 Å². The minimum Gasteiger partial charge on any atom is -0.357 e. The van der Waals surface area contributed by atoms with Crippen molar-refractivity contribution in [3.8, 4) is 0 Å². The fraction of sp³-hybridized carbons (Fsp3) is 0.333. The largest absolute Gasteiger partial charge is 0.357 e. The molecule has 0 aliphatic carbocycles. The van der Waals surface area contributed by atoms with E-state index in [2.05, 4.69) is 21.7 Å². The van der Waals surface area contributed by atoms with Gasteiger partial charge in [0.2, 0.25) is 5.91 Å². The Morgan fingerprint density at radius 2 is 1.78 bits per heavy atom. The lowest BCUT2D eigenvalue weighted by atomic mass is 10.1. The average molecular weight is 364 g/mol. The molecule has 27 heavy (non-hydrogen) atoms. The second-order valence-electron chi connectivity index (χ2n) is 7.07. The predicted octanol–water partition coefficient (Wildman–Crippen LogP) is 2.42. The number of rotatable bonds is 3. The van der Waals surface area contributed by atoms with E-state index in [9.17, 15) is 9.59 Å². The van der Waals surface area contributed by atoms with Crippen LogP contribution in [-0.4, -0.2) is 57.3 Å². The van der Waals surface area contributed by atoms with Crippen molar-refractivity contribution in [1.29, 1.82) is 0 Å². The number of amides is 2. The molecule has 0 saturated carbocycles. The van der Waals surface area contributed by atoms with Gasteiger partial charge in [-0.1, -0.05) is 18.2 Å². The number of hydrogen-bond donors (Lipinski definition) is 1. The van der Waals surface area contributed by atoms with Crippen molar-refractivity contribution in [3.63, 3.8) is 0 Å². The van der Waals surface area contributed by atoms with Crippen LogP contribution in [0, 0.1) is 0 Å². The lowest BCUT2D eigenvalue weighted by Crippen LogP contribution is -2.38. The Morgan fingerprint density at radius 1 is 1.00 bits per heavy atom. The summed E-state index contributed by atoms with van der Waals surface area (Å²) in [4.78, 5) is 32.1. The van der Waals surface area contributed by atoms with Gasteiger partial charge in [-0.2, -0.15) is 0 Å². The molecule has 4 rings (SSSR count). The molecule has 1 aliphatic rings. The molecule has 1 aliphatic heterocycles. The van der Waals surface area contributed by atoms with E-state index in [-0.39, 0.29) is 11.8 Å². The van der Waals surface area contributed by atoms with Crippen LogP contribution in [0.1, 0.15) is 22.5 Å². The van der Waals surface area contributed by atoms with Crippen LogP contribution in [0.5, 0.6) is 0 Å². The van der Waals surface area contributed by atoms with Crippen molar-refractivity contribution in [1.82, 2.24) is 19.4 Å². The zero-order chi connectivity index (χ0) is 18.8. The van der Waals surface area contributed by atoms with Gasteiger partial charge in [-0.05, 0) is 30.2 Å². The smallest absolute Gasteiger partial charge is 0.270 e. The quantitative estimate of drug-likeness (QED) is 0.776. The summed E-state index contributed by atoms with van der Waals surface area (Å²) in [7, 11) is 2.01. The van der Waals surface area contributed by atoms with Crippen LogP contribution in [0.15, 0.2) is 48.8 Å². The highest BCUT2D eigenvalue weighted by molar-refractivity contribution is 5.92. The van der Waals surface area contributed by atoms with E-state index in [0.29, 0.717) is 38.3 Å². The maximum absolute atomic E-state index is 12.9. The Kier molecular flexibility index (Phi) is 4.71. The molecule has 2 amide bonds. The molecule has 0 bridgehead atoms. The Bertz CT molecular complexity index is 958. The van der Waals surface area contributed by atoms with Crippen molar-refractivity contribution in [2.45, 2.75) is 12.8 Å². The fourth-order valence-corrected chi connectivity index (χ4v) is 3.84.